The van der Waals surface area contributed by atoms with E-state index in [1.807, 2.05) is 18.3 Å². The third-order valence-electron chi connectivity index (χ3n) is 2.42. The molecule has 100 valence electrons. The van der Waals surface area contributed by atoms with Gasteiger partial charge in [-0.25, -0.2) is 0 Å². The molecule has 0 aromatic carbocycles. The first-order valence-electron chi connectivity index (χ1n) is 6.30. The largest absolute Gasteiger partial charge is 0.364 e. The van der Waals surface area contributed by atoms with E-state index in [1.165, 1.54) is 0 Å². The summed E-state index contributed by atoms with van der Waals surface area (Å²) in [6.45, 7) is 5.75. The van der Waals surface area contributed by atoms with E-state index in [0.717, 1.165) is 12.1 Å². The van der Waals surface area contributed by atoms with Gasteiger partial charge in [-0.1, -0.05) is 19.9 Å². The molecule has 0 spiro atoms. The third-order valence-corrected chi connectivity index (χ3v) is 2.42. The molecule has 6 heteroatoms. The van der Waals surface area contributed by atoms with Gasteiger partial charge in [0.25, 0.3) is 0 Å². The summed E-state index contributed by atoms with van der Waals surface area (Å²) in [7, 11) is 0. The van der Waals surface area contributed by atoms with Gasteiger partial charge >= 0.3 is 0 Å². The van der Waals surface area contributed by atoms with Crippen molar-refractivity contribution in [3.8, 4) is 0 Å². The summed E-state index contributed by atoms with van der Waals surface area (Å²) in [4.78, 5) is 8.41. The Morgan fingerprint density at radius 1 is 1.21 bits per heavy atom. The normalized spacial score (nSPS) is 10.5. The van der Waals surface area contributed by atoms with Gasteiger partial charge in [0.2, 0.25) is 5.95 Å². The molecule has 2 aromatic rings. The lowest BCUT2D eigenvalue weighted by Gasteiger charge is -2.08. The zero-order chi connectivity index (χ0) is 13.5. The van der Waals surface area contributed by atoms with Gasteiger partial charge in [0.15, 0.2) is 5.82 Å². The van der Waals surface area contributed by atoms with Crippen molar-refractivity contribution in [3.05, 3.63) is 36.3 Å². The molecular weight excluding hydrogens is 240 g/mol. The maximum Gasteiger partial charge on any atom is 0.244 e. The van der Waals surface area contributed by atoms with Crippen LogP contribution in [0.4, 0.5) is 11.8 Å². The number of pyridine rings is 1. The molecule has 0 unspecified atom stereocenters. The first-order valence-corrected chi connectivity index (χ1v) is 6.30. The zero-order valence-electron chi connectivity index (χ0n) is 11.2. The molecule has 0 atom stereocenters. The fourth-order valence-electron chi connectivity index (χ4n) is 1.45. The molecule has 2 aromatic heterocycles. The molecule has 2 N–H and O–H groups in total. The Balaban J connectivity index is 1.91. The van der Waals surface area contributed by atoms with Gasteiger partial charge in [-0.05, 0) is 17.5 Å². The van der Waals surface area contributed by atoms with Crippen molar-refractivity contribution < 1.29 is 0 Å². The predicted octanol–water partition coefficient (Wildman–Crippen LogP) is 1.95. The van der Waals surface area contributed by atoms with Gasteiger partial charge in [-0.2, -0.15) is 10.1 Å². The lowest BCUT2D eigenvalue weighted by Crippen LogP contribution is -2.12. The Morgan fingerprint density at radius 2 is 2.11 bits per heavy atom. The fourth-order valence-corrected chi connectivity index (χ4v) is 1.45. The van der Waals surface area contributed by atoms with Crippen molar-refractivity contribution in [2.24, 2.45) is 5.92 Å². The van der Waals surface area contributed by atoms with Crippen LogP contribution < -0.4 is 10.6 Å². The third kappa shape index (κ3) is 4.50. The Hall–Kier alpha value is -2.24. The molecule has 0 amide bonds. The van der Waals surface area contributed by atoms with Crippen LogP contribution in [0.25, 0.3) is 0 Å². The van der Waals surface area contributed by atoms with Crippen molar-refractivity contribution in [3.63, 3.8) is 0 Å². The topological polar surface area (TPSA) is 75.6 Å². The fraction of sp³-hybridized carbons (Fsp3) is 0.385. The molecule has 0 radical (unpaired) electrons. The number of nitrogens with one attached hydrogen (secondary N) is 2. The molecule has 0 saturated carbocycles. The Kier molecular flexibility index (Phi) is 4.60. The summed E-state index contributed by atoms with van der Waals surface area (Å²) < 4.78 is 0. The van der Waals surface area contributed by atoms with Crippen LogP contribution in [-0.4, -0.2) is 26.7 Å². The molecule has 19 heavy (non-hydrogen) atoms. The molecule has 0 aliphatic carbocycles. The van der Waals surface area contributed by atoms with E-state index in [4.69, 9.17) is 0 Å². The minimum Gasteiger partial charge on any atom is -0.364 e. The van der Waals surface area contributed by atoms with Crippen molar-refractivity contribution in [1.82, 2.24) is 20.2 Å². The lowest BCUT2D eigenvalue weighted by atomic mass is 10.2. The maximum absolute atomic E-state index is 4.34. The van der Waals surface area contributed by atoms with E-state index in [-0.39, 0.29) is 0 Å². The Morgan fingerprint density at radius 3 is 2.84 bits per heavy atom. The Bertz CT molecular complexity index is 499. The summed E-state index contributed by atoms with van der Waals surface area (Å²) in [6.07, 6.45) is 5.18. The van der Waals surface area contributed by atoms with E-state index < -0.39 is 0 Å². The predicted molar refractivity (Wildman–Crippen MR) is 74.7 cm³/mol. The van der Waals surface area contributed by atoms with E-state index in [1.54, 1.807) is 12.4 Å². The van der Waals surface area contributed by atoms with Gasteiger partial charge < -0.3 is 10.6 Å². The van der Waals surface area contributed by atoms with E-state index >= 15 is 0 Å². The van der Waals surface area contributed by atoms with Crippen LogP contribution in [0, 0.1) is 5.92 Å². The Labute approximate surface area is 112 Å². The average molecular weight is 258 g/mol. The zero-order valence-corrected chi connectivity index (χ0v) is 11.2. The second-order valence-corrected chi connectivity index (χ2v) is 4.65. The summed E-state index contributed by atoms with van der Waals surface area (Å²) in [6, 6.07) is 3.91. The number of anilines is 2. The number of nitrogens with zero attached hydrogens (tertiary/aromatic N) is 4. The van der Waals surface area contributed by atoms with Crippen LogP contribution in [0.3, 0.4) is 0 Å². The first kappa shape index (κ1) is 13.2. The highest BCUT2D eigenvalue weighted by atomic mass is 15.3. The summed E-state index contributed by atoms with van der Waals surface area (Å²) in [5.74, 6) is 1.78. The van der Waals surface area contributed by atoms with Gasteiger partial charge in [0.1, 0.15) is 0 Å². The summed E-state index contributed by atoms with van der Waals surface area (Å²) in [5, 5.41) is 14.2. The van der Waals surface area contributed by atoms with Crippen molar-refractivity contribution in [2.75, 3.05) is 17.2 Å². The minimum absolute atomic E-state index is 0.538. The van der Waals surface area contributed by atoms with Gasteiger partial charge in [0.05, 0.1) is 6.20 Å². The average Bonchev–Trinajstić information content (AvgIpc) is 2.44. The van der Waals surface area contributed by atoms with Crippen LogP contribution >= 0.6 is 0 Å². The van der Waals surface area contributed by atoms with Crippen molar-refractivity contribution in [1.29, 1.82) is 0 Å². The van der Waals surface area contributed by atoms with Crippen LogP contribution in [0.2, 0.25) is 0 Å². The molecule has 2 rings (SSSR count). The molecule has 0 bridgehead atoms. The van der Waals surface area contributed by atoms with Crippen LogP contribution in [0.15, 0.2) is 30.7 Å². The maximum atomic E-state index is 4.34. The number of rotatable bonds is 6. The van der Waals surface area contributed by atoms with Crippen LogP contribution in [-0.2, 0) is 6.54 Å². The number of hydrogen-bond donors (Lipinski definition) is 2. The molecule has 6 nitrogen and oxygen atoms in total. The monoisotopic (exact) mass is 258 g/mol. The highest BCUT2D eigenvalue weighted by Gasteiger charge is 2.01. The van der Waals surface area contributed by atoms with E-state index in [0.29, 0.717) is 24.2 Å². The minimum atomic E-state index is 0.538. The highest BCUT2D eigenvalue weighted by molar-refractivity contribution is 5.37. The quantitative estimate of drug-likeness (QED) is 0.824. The molecule has 0 saturated heterocycles. The smallest absolute Gasteiger partial charge is 0.244 e. The van der Waals surface area contributed by atoms with Crippen molar-refractivity contribution in [2.45, 2.75) is 20.4 Å². The summed E-state index contributed by atoms with van der Waals surface area (Å²) in [5.41, 5.74) is 1.10. The van der Waals surface area contributed by atoms with Gasteiger partial charge in [-0.3, -0.25) is 4.98 Å². The lowest BCUT2D eigenvalue weighted by molar-refractivity contribution is 0.682. The van der Waals surface area contributed by atoms with Crippen molar-refractivity contribution >= 4 is 11.8 Å². The van der Waals surface area contributed by atoms with Gasteiger partial charge in [-0.15, -0.1) is 5.10 Å². The molecule has 2 heterocycles. The molecule has 0 fully saturated rings. The first-order chi connectivity index (χ1) is 9.24. The second kappa shape index (κ2) is 6.63. The second-order valence-electron chi connectivity index (χ2n) is 4.65. The molecule has 0 aliphatic heterocycles. The standard InChI is InChI=1S/C13H18N6/c1-10(2)6-16-13-18-12(9-17-19-13)15-8-11-4-3-5-14-7-11/h3-5,7,9-10H,6,8H2,1-2H3,(H2,15,16,18,19). The van der Waals surface area contributed by atoms with Crippen LogP contribution in [0.5, 0.6) is 0 Å². The molecular formula is C13H18N6. The molecule has 0 aliphatic rings. The van der Waals surface area contributed by atoms with E-state index in [2.05, 4.69) is 44.6 Å². The highest BCUT2D eigenvalue weighted by Crippen LogP contribution is 2.06. The van der Waals surface area contributed by atoms with E-state index in [9.17, 15) is 0 Å². The number of aromatic nitrogens is 4. The van der Waals surface area contributed by atoms with Gasteiger partial charge in [0, 0.05) is 25.5 Å². The summed E-state index contributed by atoms with van der Waals surface area (Å²) >= 11 is 0. The number of hydrogen-bond acceptors (Lipinski definition) is 6. The SMILES string of the molecule is CC(C)CNc1nncc(NCc2cccnc2)n1. The van der Waals surface area contributed by atoms with Crippen LogP contribution in [0.1, 0.15) is 19.4 Å².